The van der Waals surface area contributed by atoms with Crippen molar-refractivity contribution in [2.75, 3.05) is 7.11 Å². The van der Waals surface area contributed by atoms with Crippen LogP contribution in [0.3, 0.4) is 0 Å². The highest BCUT2D eigenvalue weighted by Crippen LogP contribution is 2.17. The Morgan fingerprint density at radius 1 is 0.846 bits per heavy atom. The molecule has 1 atom stereocenters. The first-order valence-electron chi connectivity index (χ1n) is 9.56. The number of carbonyl (C=O) groups excluding carboxylic acids is 3. The van der Waals surface area contributed by atoms with Crippen molar-refractivity contribution in [1.29, 1.82) is 0 Å². The number of methoxy groups -OCH3 is 1. The number of carbonyl (C=O) groups is 3. The maximum Gasteiger partial charge on any atom is 0.341 e. The first-order chi connectivity index (χ1) is 12.4. The highest BCUT2D eigenvalue weighted by atomic mass is 16.6. The molecular formula is C21H34O5. The second-order valence-corrected chi connectivity index (χ2v) is 6.56. The van der Waals surface area contributed by atoms with Crippen LogP contribution in [-0.2, 0) is 23.9 Å². The molecule has 0 spiro atoms. The number of hydrogen-bond donors (Lipinski definition) is 0. The largest absolute Gasteiger partial charge is 0.466 e. The Hall–Kier alpha value is -1.91. The highest BCUT2D eigenvalue weighted by Gasteiger charge is 2.21. The Kier molecular flexibility index (Phi) is 13.2. The molecule has 5 heteroatoms. The summed E-state index contributed by atoms with van der Waals surface area (Å²) < 4.78 is 9.57. The number of rotatable bonds is 12. The molecule has 0 aromatic carbocycles. The maximum atomic E-state index is 12.2. The van der Waals surface area contributed by atoms with Crippen molar-refractivity contribution in [1.82, 2.24) is 0 Å². The molecule has 0 saturated heterocycles. The van der Waals surface area contributed by atoms with Gasteiger partial charge in [0.1, 0.15) is 0 Å². The zero-order chi connectivity index (χ0) is 19.9. The molecule has 5 nitrogen and oxygen atoms in total. The van der Waals surface area contributed by atoms with Gasteiger partial charge < -0.3 is 9.47 Å². The van der Waals surface area contributed by atoms with Crippen LogP contribution in [0.2, 0.25) is 0 Å². The number of unbranched alkanes of at least 4 members (excludes halogenated alkanes) is 5. The van der Waals surface area contributed by atoms with Crippen molar-refractivity contribution < 1.29 is 23.9 Å². The van der Waals surface area contributed by atoms with Gasteiger partial charge in [-0.2, -0.15) is 0 Å². The van der Waals surface area contributed by atoms with Gasteiger partial charge in [-0.25, -0.2) is 9.59 Å². The first kappa shape index (κ1) is 24.1. The minimum Gasteiger partial charge on any atom is -0.466 e. The third kappa shape index (κ3) is 10.2. The maximum absolute atomic E-state index is 12.2. The Bertz CT molecular complexity index is 516. The van der Waals surface area contributed by atoms with Gasteiger partial charge in [-0.05, 0) is 26.7 Å². The van der Waals surface area contributed by atoms with Crippen molar-refractivity contribution in [2.24, 2.45) is 5.92 Å². The molecule has 148 valence electrons. The lowest BCUT2D eigenvalue weighted by molar-refractivity contribution is -0.160. The molecule has 0 aliphatic carbocycles. The SMILES string of the molecule is CCCCCCCCC(CC)C(=O)OC(=O)C(C)=CC=C(C)C(=O)OC. The fourth-order valence-corrected chi connectivity index (χ4v) is 2.46. The molecule has 0 aromatic heterocycles. The molecule has 0 saturated carbocycles. The summed E-state index contributed by atoms with van der Waals surface area (Å²) in [4.78, 5) is 35.5. The average Bonchev–Trinajstić information content (AvgIpc) is 2.64. The van der Waals surface area contributed by atoms with Crippen molar-refractivity contribution >= 4 is 17.9 Å². The molecule has 26 heavy (non-hydrogen) atoms. The van der Waals surface area contributed by atoms with E-state index < -0.39 is 17.9 Å². The van der Waals surface area contributed by atoms with Gasteiger partial charge >= 0.3 is 17.9 Å². The molecule has 0 aromatic rings. The van der Waals surface area contributed by atoms with Crippen molar-refractivity contribution in [3.63, 3.8) is 0 Å². The first-order valence-corrected chi connectivity index (χ1v) is 9.56. The topological polar surface area (TPSA) is 69.7 Å². The van der Waals surface area contributed by atoms with E-state index in [9.17, 15) is 14.4 Å². The van der Waals surface area contributed by atoms with E-state index >= 15 is 0 Å². The van der Waals surface area contributed by atoms with Crippen LogP contribution in [0.4, 0.5) is 0 Å². The lowest BCUT2D eigenvalue weighted by atomic mass is 9.98. The van der Waals surface area contributed by atoms with E-state index in [2.05, 4.69) is 11.7 Å². The molecule has 0 fully saturated rings. The van der Waals surface area contributed by atoms with Crippen LogP contribution in [0, 0.1) is 5.92 Å². The van der Waals surface area contributed by atoms with Gasteiger partial charge in [0.15, 0.2) is 0 Å². The average molecular weight is 366 g/mol. The van der Waals surface area contributed by atoms with Gasteiger partial charge in [0.2, 0.25) is 0 Å². The van der Waals surface area contributed by atoms with Gasteiger partial charge in [0.05, 0.1) is 13.0 Å². The minimum absolute atomic E-state index is 0.245. The third-order valence-corrected chi connectivity index (χ3v) is 4.34. The molecule has 0 aliphatic heterocycles. The van der Waals surface area contributed by atoms with Crippen LogP contribution in [0.5, 0.6) is 0 Å². The van der Waals surface area contributed by atoms with Crippen LogP contribution in [0.1, 0.15) is 79.1 Å². The van der Waals surface area contributed by atoms with Gasteiger partial charge in [-0.1, -0.05) is 64.5 Å². The van der Waals surface area contributed by atoms with Gasteiger partial charge in [0, 0.05) is 11.1 Å². The summed E-state index contributed by atoms with van der Waals surface area (Å²) in [5, 5.41) is 0. The number of ether oxygens (including phenoxy) is 2. The number of allylic oxidation sites excluding steroid dienone is 2. The van der Waals surface area contributed by atoms with E-state index in [1.54, 1.807) is 13.8 Å². The molecule has 0 N–H and O–H groups in total. The van der Waals surface area contributed by atoms with E-state index in [-0.39, 0.29) is 11.5 Å². The number of esters is 3. The third-order valence-electron chi connectivity index (χ3n) is 4.34. The number of hydrogen-bond acceptors (Lipinski definition) is 5. The Labute approximate surface area is 157 Å². The summed E-state index contributed by atoms with van der Waals surface area (Å²) in [6, 6.07) is 0. The van der Waals surface area contributed by atoms with E-state index in [1.165, 1.54) is 44.9 Å². The summed E-state index contributed by atoms with van der Waals surface area (Å²) in [6.45, 7) is 7.24. The highest BCUT2D eigenvalue weighted by molar-refractivity contribution is 5.97. The lowest BCUT2D eigenvalue weighted by Gasteiger charge is -2.13. The predicted molar refractivity (Wildman–Crippen MR) is 102 cm³/mol. The zero-order valence-corrected chi connectivity index (χ0v) is 16.9. The fraction of sp³-hybridized carbons (Fsp3) is 0.667. The monoisotopic (exact) mass is 366 g/mol. The Balaban J connectivity index is 4.47. The summed E-state index contributed by atoms with van der Waals surface area (Å²) in [5.74, 6) is -1.86. The molecule has 0 heterocycles. The lowest BCUT2D eigenvalue weighted by Crippen LogP contribution is -2.21. The van der Waals surface area contributed by atoms with E-state index in [0.29, 0.717) is 12.0 Å². The van der Waals surface area contributed by atoms with Crippen LogP contribution in [0.25, 0.3) is 0 Å². The molecule has 0 aliphatic rings. The van der Waals surface area contributed by atoms with Gasteiger partial charge in [-0.3, -0.25) is 4.79 Å². The molecule has 1 unspecified atom stereocenters. The Morgan fingerprint density at radius 3 is 1.92 bits per heavy atom. The van der Waals surface area contributed by atoms with Gasteiger partial charge in [-0.15, -0.1) is 0 Å². The van der Waals surface area contributed by atoms with Crippen LogP contribution < -0.4 is 0 Å². The van der Waals surface area contributed by atoms with E-state index in [1.807, 2.05) is 6.92 Å². The summed E-state index contributed by atoms with van der Waals surface area (Å²) in [6.07, 6.45) is 11.3. The van der Waals surface area contributed by atoms with Crippen LogP contribution in [-0.4, -0.2) is 25.0 Å². The van der Waals surface area contributed by atoms with Crippen molar-refractivity contribution in [3.8, 4) is 0 Å². The smallest absolute Gasteiger partial charge is 0.341 e. The Morgan fingerprint density at radius 2 is 1.38 bits per heavy atom. The molecular weight excluding hydrogens is 332 g/mol. The quantitative estimate of drug-likeness (QED) is 0.162. The molecule has 0 amide bonds. The normalized spacial score (nSPS) is 13.3. The van der Waals surface area contributed by atoms with Gasteiger partial charge in [0.25, 0.3) is 0 Å². The summed E-state index contributed by atoms with van der Waals surface area (Å²) in [5.41, 5.74) is 0.622. The standard InChI is InChI=1S/C21H34O5/c1-6-8-9-10-11-12-13-18(7-2)21(24)26-20(23)17(4)15-14-16(3)19(22)25-5/h14-15,18H,6-13H2,1-5H3. The summed E-state index contributed by atoms with van der Waals surface area (Å²) >= 11 is 0. The van der Waals surface area contributed by atoms with Crippen LogP contribution >= 0.6 is 0 Å². The van der Waals surface area contributed by atoms with E-state index in [4.69, 9.17) is 4.74 Å². The second kappa shape index (κ2) is 14.3. The van der Waals surface area contributed by atoms with E-state index in [0.717, 1.165) is 19.3 Å². The second-order valence-electron chi connectivity index (χ2n) is 6.56. The molecule has 0 bridgehead atoms. The minimum atomic E-state index is -0.676. The summed E-state index contributed by atoms with van der Waals surface area (Å²) in [7, 11) is 1.29. The predicted octanol–water partition coefficient (Wildman–Crippen LogP) is 4.90. The van der Waals surface area contributed by atoms with Crippen molar-refractivity contribution in [3.05, 3.63) is 23.3 Å². The van der Waals surface area contributed by atoms with Crippen molar-refractivity contribution in [2.45, 2.75) is 79.1 Å². The fourth-order valence-electron chi connectivity index (χ4n) is 2.46. The molecule has 0 rings (SSSR count). The zero-order valence-electron chi connectivity index (χ0n) is 16.9. The van der Waals surface area contributed by atoms with Crippen LogP contribution in [0.15, 0.2) is 23.3 Å². The molecule has 0 radical (unpaired) electrons.